The summed E-state index contributed by atoms with van der Waals surface area (Å²) >= 11 is 0. The Morgan fingerprint density at radius 3 is 2.85 bits per heavy atom. The van der Waals surface area contributed by atoms with Gasteiger partial charge in [-0.3, -0.25) is 9.59 Å². The van der Waals surface area contributed by atoms with E-state index >= 15 is 0 Å². The van der Waals surface area contributed by atoms with Crippen molar-refractivity contribution in [3.05, 3.63) is 62.6 Å². The Morgan fingerprint density at radius 2 is 2.11 bits per heavy atom. The van der Waals surface area contributed by atoms with Crippen molar-refractivity contribution in [2.75, 3.05) is 0 Å². The SMILES string of the molecule is Cc1[nH]c(=O)c(C#N)c(C)c1CCC(=O)N[C@@H]1C[C@@H](C)Oc2ccccc21. The Labute approximate surface area is 158 Å². The van der Waals surface area contributed by atoms with Crippen molar-refractivity contribution < 1.29 is 9.53 Å². The molecule has 0 fully saturated rings. The second-order valence-corrected chi connectivity index (χ2v) is 6.99. The van der Waals surface area contributed by atoms with Crippen LogP contribution in [0.1, 0.15) is 53.8 Å². The highest BCUT2D eigenvalue weighted by Gasteiger charge is 2.26. The highest BCUT2D eigenvalue weighted by Crippen LogP contribution is 2.34. The molecule has 1 aromatic heterocycles. The molecule has 0 bridgehead atoms. The number of ether oxygens (including phenoxy) is 1. The first-order valence-electron chi connectivity index (χ1n) is 9.08. The number of nitriles is 1. The van der Waals surface area contributed by atoms with Crippen molar-refractivity contribution in [1.82, 2.24) is 10.3 Å². The van der Waals surface area contributed by atoms with E-state index in [4.69, 9.17) is 10.00 Å². The number of nitrogens with one attached hydrogen (secondary N) is 2. The fourth-order valence-corrected chi connectivity index (χ4v) is 3.66. The summed E-state index contributed by atoms with van der Waals surface area (Å²) in [5, 5.41) is 12.3. The topological polar surface area (TPSA) is 95.0 Å². The molecule has 1 amide bonds. The van der Waals surface area contributed by atoms with Crippen LogP contribution in [0.4, 0.5) is 0 Å². The molecule has 0 spiro atoms. The number of benzene rings is 1. The first-order valence-corrected chi connectivity index (χ1v) is 9.08. The lowest BCUT2D eigenvalue weighted by atomic mass is 9.96. The summed E-state index contributed by atoms with van der Waals surface area (Å²) in [6.45, 7) is 5.54. The van der Waals surface area contributed by atoms with Gasteiger partial charge in [0.25, 0.3) is 5.56 Å². The van der Waals surface area contributed by atoms with Crippen LogP contribution < -0.4 is 15.6 Å². The zero-order valence-electron chi connectivity index (χ0n) is 15.8. The van der Waals surface area contributed by atoms with Crippen LogP contribution in [-0.2, 0) is 11.2 Å². The fraction of sp³-hybridized carbons (Fsp3) is 0.381. The number of nitrogens with zero attached hydrogens (tertiary/aromatic N) is 1. The predicted octanol–water partition coefficient (Wildman–Crippen LogP) is 2.82. The van der Waals surface area contributed by atoms with E-state index in [0.29, 0.717) is 17.7 Å². The lowest BCUT2D eigenvalue weighted by Gasteiger charge is -2.31. The standard InChI is InChI=1S/C21H23N3O3/c1-12-10-18(16-6-4-5-7-19(16)27-12)24-20(25)9-8-15-13(2)17(11-22)21(26)23-14(15)3/h4-7,12,18H,8-10H2,1-3H3,(H,23,26)(H,24,25)/t12-,18-/m1/s1. The van der Waals surface area contributed by atoms with Crippen LogP contribution in [0.25, 0.3) is 0 Å². The Morgan fingerprint density at radius 1 is 1.37 bits per heavy atom. The third-order valence-electron chi connectivity index (χ3n) is 5.05. The van der Waals surface area contributed by atoms with Gasteiger partial charge >= 0.3 is 0 Å². The summed E-state index contributed by atoms with van der Waals surface area (Å²) in [5.74, 6) is 0.750. The lowest BCUT2D eigenvalue weighted by molar-refractivity contribution is -0.122. The Balaban J connectivity index is 1.72. The second kappa shape index (κ2) is 7.67. The number of hydrogen-bond donors (Lipinski definition) is 2. The summed E-state index contributed by atoms with van der Waals surface area (Å²) in [6.07, 6.45) is 1.51. The van der Waals surface area contributed by atoms with Gasteiger partial charge in [0.1, 0.15) is 17.4 Å². The van der Waals surface area contributed by atoms with Crippen LogP contribution in [0.3, 0.4) is 0 Å². The Hall–Kier alpha value is -3.07. The van der Waals surface area contributed by atoms with E-state index < -0.39 is 0 Å². The van der Waals surface area contributed by atoms with E-state index in [-0.39, 0.29) is 35.6 Å². The zero-order chi connectivity index (χ0) is 19.6. The summed E-state index contributed by atoms with van der Waals surface area (Å²) in [5.41, 5.74) is 2.93. The zero-order valence-corrected chi connectivity index (χ0v) is 15.8. The maximum absolute atomic E-state index is 12.6. The quantitative estimate of drug-likeness (QED) is 0.871. The van der Waals surface area contributed by atoms with Crippen molar-refractivity contribution in [3.63, 3.8) is 0 Å². The molecule has 2 aromatic rings. The van der Waals surface area contributed by atoms with Crippen molar-refractivity contribution in [2.45, 2.75) is 52.2 Å². The first-order chi connectivity index (χ1) is 12.9. The molecule has 1 aromatic carbocycles. The van der Waals surface area contributed by atoms with Crippen molar-refractivity contribution in [3.8, 4) is 11.8 Å². The molecule has 2 N–H and O–H groups in total. The monoisotopic (exact) mass is 365 g/mol. The van der Waals surface area contributed by atoms with Crippen molar-refractivity contribution in [1.29, 1.82) is 5.26 Å². The lowest BCUT2D eigenvalue weighted by Crippen LogP contribution is -2.35. The molecule has 0 unspecified atom stereocenters. The average Bonchev–Trinajstić information content (AvgIpc) is 2.61. The van der Waals surface area contributed by atoms with Gasteiger partial charge in [0.2, 0.25) is 5.91 Å². The van der Waals surface area contributed by atoms with Gasteiger partial charge in [-0.2, -0.15) is 5.26 Å². The number of H-pyrrole nitrogens is 1. The van der Waals surface area contributed by atoms with Crippen molar-refractivity contribution >= 4 is 5.91 Å². The average molecular weight is 365 g/mol. The van der Waals surface area contributed by atoms with Crippen LogP contribution in [-0.4, -0.2) is 17.0 Å². The number of para-hydroxylation sites is 1. The smallest absolute Gasteiger partial charge is 0.266 e. The molecule has 0 saturated carbocycles. The third-order valence-corrected chi connectivity index (χ3v) is 5.05. The second-order valence-electron chi connectivity index (χ2n) is 6.99. The fourth-order valence-electron chi connectivity index (χ4n) is 3.66. The molecular weight excluding hydrogens is 342 g/mol. The minimum absolute atomic E-state index is 0.0343. The predicted molar refractivity (Wildman–Crippen MR) is 102 cm³/mol. The van der Waals surface area contributed by atoms with Gasteiger partial charge in [0.05, 0.1) is 12.1 Å². The minimum Gasteiger partial charge on any atom is -0.490 e. The van der Waals surface area contributed by atoms with Gasteiger partial charge in [-0.1, -0.05) is 18.2 Å². The number of aromatic amines is 1. The molecule has 0 radical (unpaired) electrons. The molecule has 0 saturated heterocycles. The van der Waals surface area contributed by atoms with Crippen molar-refractivity contribution in [2.24, 2.45) is 0 Å². The van der Waals surface area contributed by atoms with Gasteiger partial charge in [-0.25, -0.2) is 0 Å². The number of amides is 1. The van der Waals surface area contributed by atoms with E-state index in [1.54, 1.807) is 13.8 Å². The number of hydrogen-bond acceptors (Lipinski definition) is 4. The molecule has 140 valence electrons. The molecule has 3 rings (SSSR count). The molecule has 1 aliphatic heterocycles. The Kier molecular flexibility index (Phi) is 5.31. The Bertz CT molecular complexity index is 972. The van der Waals surface area contributed by atoms with Gasteiger partial charge in [0, 0.05) is 24.1 Å². The number of rotatable bonds is 4. The van der Waals surface area contributed by atoms with Crippen LogP contribution in [0.15, 0.2) is 29.1 Å². The molecular formula is C21H23N3O3. The molecule has 2 heterocycles. The number of carbonyl (C=O) groups is 1. The van der Waals surface area contributed by atoms with E-state index in [9.17, 15) is 9.59 Å². The van der Waals surface area contributed by atoms with Gasteiger partial charge < -0.3 is 15.0 Å². The highest BCUT2D eigenvalue weighted by molar-refractivity contribution is 5.77. The van der Waals surface area contributed by atoms with E-state index in [1.165, 1.54) is 0 Å². The van der Waals surface area contributed by atoms with Crippen LogP contribution in [0.2, 0.25) is 0 Å². The summed E-state index contributed by atoms with van der Waals surface area (Å²) in [4.78, 5) is 27.1. The molecule has 1 aliphatic rings. The molecule has 27 heavy (non-hydrogen) atoms. The van der Waals surface area contributed by atoms with E-state index in [1.807, 2.05) is 37.3 Å². The maximum Gasteiger partial charge on any atom is 0.266 e. The van der Waals surface area contributed by atoms with Crippen LogP contribution in [0.5, 0.6) is 5.75 Å². The molecule has 0 aliphatic carbocycles. The number of aryl methyl sites for hydroxylation is 1. The number of fused-ring (bicyclic) bond motifs is 1. The number of aromatic nitrogens is 1. The number of carbonyl (C=O) groups excluding carboxylic acids is 1. The number of pyridine rings is 1. The van der Waals surface area contributed by atoms with Gasteiger partial charge in [0.15, 0.2) is 0 Å². The van der Waals surface area contributed by atoms with E-state index in [0.717, 1.165) is 23.3 Å². The van der Waals surface area contributed by atoms with Crippen LogP contribution in [0, 0.1) is 25.2 Å². The molecule has 2 atom stereocenters. The van der Waals surface area contributed by atoms with E-state index in [2.05, 4.69) is 10.3 Å². The minimum atomic E-state index is -0.381. The maximum atomic E-state index is 12.6. The summed E-state index contributed by atoms with van der Waals surface area (Å²) in [7, 11) is 0. The largest absolute Gasteiger partial charge is 0.490 e. The normalized spacial score (nSPS) is 18.1. The first kappa shape index (κ1) is 18.7. The van der Waals surface area contributed by atoms with Crippen LogP contribution >= 0.6 is 0 Å². The summed E-state index contributed by atoms with van der Waals surface area (Å²) in [6, 6.07) is 9.61. The highest BCUT2D eigenvalue weighted by atomic mass is 16.5. The summed E-state index contributed by atoms with van der Waals surface area (Å²) < 4.78 is 5.83. The third kappa shape index (κ3) is 3.87. The molecule has 6 heteroatoms. The molecule has 6 nitrogen and oxygen atoms in total. The van der Waals surface area contributed by atoms with Gasteiger partial charge in [-0.05, 0) is 44.4 Å². The van der Waals surface area contributed by atoms with Gasteiger partial charge in [-0.15, -0.1) is 0 Å².